The van der Waals surface area contributed by atoms with Crippen LogP contribution in [-0.2, 0) is 31.1 Å². The number of amides is 4. The van der Waals surface area contributed by atoms with Crippen molar-refractivity contribution >= 4 is 40.9 Å². The van der Waals surface area contributed by atoms with Crippen LogP contribution in [0.1, 0.15) is 24.0 Å². The molecular weight excluding hydrogens is 444 g/mol. The second-order valence-electron chi connectivity index (χ2n) is 8.75. The molecular formula is C24H23ClN4O4. The lowest BCUT2D eigenvalue weighted by Crippen LogP contribution is -2.53. The summed E-state index contributed by atoms with van der Waals surface area (Å²) in [7, 11) is 0. The third-order valence-electron chi connectivity index (χ3n) is 6.96. The molecule has 4 N–H and O–H groups in total. The van der Waals surface area contributed by atoms with Gasteiger partial charge in [-0.3, -0.25) is 29.4 Å². The molecule has 3 aliphatic rings. The number of fused-ring (bicyclic) bond motifs is 4. The average molecular weight is 467 g/mol. The van der Waals surface area contributed by atoms with E-state index in [2.05, 4.69) is 10.6 Å². The minimum absolute atomic E-state index is 0.0342. The first-order chi connectivity index (χ1) is 15.8. The quantitative estimate of drug-likeness (QED) is 0.558. The first-order valence-corrected chi connectivity index (χ1v) is 11.3. The summed E-state index contributed by atoms with van der Waals surface area (Å²) >= 11 is 6.32. The number of benzene rings is 2. The highest BCUT2D eigenvalue weighted by atomic mass is 35.5. The molecule has 2 fully saturated rings. The summed E-state index contributed by atoms with van der Waals surface area (Å²) in [6.45, 7) is 0.220. The lowest BCUT2D eigenvalue weighted by molar-refractivity contribution is -0.142. The average Bonchev–Trinajstić information content (AvgIpc) is 3.38. The second-order valence-corrected chi connectivity index (χ2v) is 9.15. The van der Waals surface area contributed by atoms with E-state index in [9.17, 15) is 19.2 Å². The Balaban J connectivity index is 1.53. The Morgan fingerprint density at radius 3 is 2.55 bits per heavy atom. The molecule has 2 aromatic rings. The molecule has 0 saturated carbocycles. The molecule has 170 valence electrons. The largest absolute Gasteiger partial charge is 0.370 e. The van der Waals surface area contributed by atoms with E-state index in [-0.39, 0.29) is 25.3 Å². The molecule has 0 radical (unpaired) electrons. The van der Waals surface area contributed by atoms with Crippen LogP contribution in [-0.4, -0.2) is 41.1 Å². The summed E-state index contributed by atoms with van der Waals surface area (Å²) < 4.78 is 0. The number of nitrogens with two attached hydrogens (primary N) is 1. The summed E-state index contributed by atoms with van der Waals surface area (Å²) in [5.74, 6) is -3.36. The second kappa shape index (κ2) is 7.97. The van der Waals surface area contributed by atoms with Gasteiger partial charge in [0, 0.05) is 24.6 Å². The van der Waals surface area contributed by atoms with Gasteiger partial charge in [0.1, 0.15) is 5.54 Å². The molecule has 5 rings (SSSR count). The number of para-hydroxylation sites is 1. The smallest absolute Gasteiger partial charge is 0.250 e. The number of carbonyl (C=O) groups is 4. The fourth-order valence-electron chi connectivity index (χ4n) is 5.51. The van der Waals surface area contributed by atoms with Crippen molar-refractivity contribution in [2.24, 2.45) is 17.6 Å². The van der Waals surface area contributed by atoms with Gasteiger partial charge < -0.3 is 11.1 Å². The van der Waals surface area contributed by atoms with Gasteiger partial charge in [0.25, 0.3) is 0 Å². The van der Waals surface area contributed by atoms with E-state index >= 15 is 0 Å². The SMILES string of the molecule is NC(=O)CC[C@@H]1N[C@]2(C(=O)Nc3c(Cl)cccc32)[C@@H]2C(=O)N(CCc3ccccc3)C(=O)[C@H]12. The first kappa shape index (κ1) is 21.6. The van der Waals surface area contributed by atoms with Gasteiger partial charge in [0.05, 0.1) is 22.5 Å². The van der Waals surface area contributed by atoms with Crippen LogP contribution < -0.4 is 16.4 Å². The lowest BCUT2D eigenvalue weighted by atomic mass is 9.76. The maximum atomic E-state index is 13.7. The summed E-state index contributed by atoms with van der Waals surface area (Å²) in [5, 5.41) is 6.42. The van der Waals surface area contributed by atoms with Gasteiger partial charge in [-0.05, 0) is 24.5 Å². The molecule has 0 aromatic heterocycles. The molecule has 33 heavy (non-hydrogen) atoms. The van der Waals surface area contributed by atoms with Crippen molar-refractivity contribution in [2.45, 2.75) is 30.8 Å². The summed E-state index contributed by atoms with van der Waals surface area (Å²) in [6.07, 6.45) is 0.790. The molecule has 2 saturated heterocycles. The molecule has 4 amide bonds. The predicted octanol–water partition coefficient (Wildman–Crippen LogP) is 1.57. The van der Waals surface area contributed by atoms with Crippen LogP contribution in [0.25, 0.3) is 0 Å². The normalized spacial score (nSPS) is 27.7. The number of rotatable bonds is 6. The minimum atomic E-state index is -1.43. The lowest BCUT2D eigenvalue weighted by Gasteiger charge is -2.29. The van der Waals surface area contributed by atoms with Crippen LogP contribution in [0.15, 0.2) is 48.5 Å². The number of likely N-dealkylation sites (tertiary alicyclic amines) is 1. The fourth-order valence-corrected chi connectivity index (χ4v) is 5.73. The van der Waals surface area contributed by atoms with Crippen LogP contribution in [0, 0.1) is 11.8 Å². The number of imide groups is 1. The van der Waals surface area contributed by atoms with Crippen LogP contribution >= 0.6 is 11.6 Å². The molecule has 0 aliphatic carbocycles. The van der Waals surface area contributed by atoms with Crippen LogP contribution in [0.3, 0.4) is 0 Å². The standard InChI is InChI=1S/C24H23ClN4O4/c25-15-8-4-7-14-20(15)27-23(33)24(14)19-18(16(28-24)9-10-17(26)30)21(31)29(22(19)32)12-11-13-5-2-1-3-6-13/h1-8,16,18-19,28H,9-12H2,(H2,26,30)(H,27,33)/t16-,18+,19-,24-/m0/s1. The summed E-state index contributed by atoms with van der Waals surface area (Å²) in [5.41, 5.74) is 5.91. The van der Waals surface area contributed by atoms with Crippen molar-refractivity contribution in [3.05, 3.63) is 64.7 Å². The first-order valence-electron chi connectivity index (χ1n) is 10.9. The number of anilines is 1. The monoisotopic (exact) mass is 466 g/mol. The van der Waals surface area contributed by atoms with E-state index in [0.29, 0.717) is 22.7 Å². The van der Waals surface area contributed by atoms with Crippen LogP contribution in [0.4, 0.5) is 5.69 Å². The van der Waals surface area contributed by atoms with E-state index in [1.165, 1.54) is 4.90 Å². The Labute approximate surface area is 195 Å². The molecule has 3 heterocycles. The van der Waals surface area contributed by atoms with Gasteiger partial charge in [0.15, 0.2) is 0 Å². The Morgan fingerprint density at radius 1 is 1.06 bits per heavy atom. The topological polar surface area (TPSA) is 122 Å². The fraction of sp³-hybridized carbons (Fsp3) is 0.333. The van der Waals surface area contributed by atoms with Gasteiger partial charge in [-0.1, -0.05) is 54.1 Å². The Hall–Kier alpha value is -3.23. The molecule has 8 nitrogen and oxygen atoms in total. The zero-order valence-electron chi connectivity index (χ0n) is 17.7. The van der Waals surface area contributed by atoms with Crippen molar-refractivity contribution in [1.29, 1.82) is 0 Å². The van der Waals surface area contributed by atoms with Gasteiger partial charge in [-0.2, -0.15) is 0 Å². The highest BCUT2D eigenvalue weighted by molar-refractivity contribution is 6.35. The van der Waals surface area contributed by atoms with Crippen molar-refractivity contribution < 1.29 is 19.2 Å². The number of hydrogen-bond donors (Lipinski definition) is 3. The number of nitrogens with zero attached hydrogens (tertiary/aromatic N) is 1. The van der Waals surface area contributed by atoms with Gasteiger partial charge in [-0.25, -0.2) is 0 Å². The third kappa shape index (κ3) is 3.24. The van der Waals surface area contributed by atoms with E-state index in [4.69, 9.17) is 17.3 Å². The highest BCUT2D eigenvalue weighted by Crippen LogP contribution is 2.54. The Bertz CT molecular complexity index is 1170. The van der Waals surface area contributed by atoms with Crippen molar-refractivity contribution in [3.63, 3.8) is 0 Å². The highest BCUT2D eigenvalue weighted by Gasteiger charge is 2.70. The maximum Gasteiger partial charge on any atom is 0.250 e. The molecule has 2 aromatic carbocycles. The zero-order valence-corrected chi connectivity index (χ0v) is 18.5. The number of primary amides is 1. The van der Waals surface area contributed by atoms with Crippen molar-refractivity contribution in [2.75, 3.05) is 11.9 Å². The number of nitrogens with one attached hydrogen (secondary N) is 2. The Kier molecular flexibility index (Phi) is 5.22. The van der Waals surface area contributed by atoms with E-state index in [0.717, 1.165) is 5.56 Å². The van der Waals surface area contributed by atoms with Gasteiger partial charge in [-0.15, -0.1) is 0 Å². The zero-order chi connectivity index (χ0) is 23.3. The number of carbonyl (C=O) groups excluding carboxylic acids is 4. The number of halogens is 1. The van der Waals surface area contributed by atoms with Crippen LogP contribution in [0.2, 0.25) is 5.02 Å². The molecule has 1 spiro atoms. The minimum Gasteiger partial charge on any atom is -0.370 e. The molecule has 0 unspecified atom stereocenters. The molecule has 4 atom stereocenters. The van der Waals surface area contributed by atoms with Crippen molar-refractivity contribution in [3.8, 4) is 0 Å². The van der Waals surface area contributed by atoms with E-state index < -0.39 is 41.1 Å². The predicted molar refractivity (Wildman–Crippen MR) is 121 cm³/mol. The molecule has 0 bridgehead atoms. The maximum absolute atomic E-state index is 13.7. The summed E-state index contributed by atoms with van der Waals surface area (Å²) in [4.78, 5) is 53.3. The van der Waals surface area contributed by atoms with Gasteiger partial charge in [0.2, 0.25) is 23.6 Å². The number of hydrogen-bond acceptors (Lipinski definition) is 5. The molecule has 9 heteroatoms. The summed E-state index contributed by atoms with van der Waals surface area (Å²) in [6, 6.07) is 14.1. The van der Waals surface area contributed by atoms with Crippen molar-refractivity contribution in [1.82, 2.24) is 10.2 Å². The van der Waals surface area contributed by atoms with E-state index in [1.54, 1.807) is 18.2 Å². The Morgan fingerprint density at radius 2 is 1.82 bits per heavy atom. The van der Waals surface area contributed by atoms with Crippen LogP contribution in [0.5, 0.6) is 0 Å². The third-order valence-corrected chi connectivity index (χ3v) is 7.27. The van der Waals surface area contributed by atoms with Gasteiger partial charge >= 0.3 is 0 Å². The van der Waals surface area contributed by atoms with E-state index in [1.807, 2.05) is 30.3 Å². The molecule has 3 aliphatic heterocycles.